The van der Waals surface area contributed by atoms with Crippen molar-refractivity contribution in [3.05, 3.63) is 81.2 Å². The summed E-state index contributed by atoms with van der Waals surface area (Å²) in [6.07, 6.45) is 1.75. The summed E-state index contributed by atoms with van der Waals surface area (Å²) in [4.78, 5) is 27.8. The molecule has 3 rings (SSSR count). The molecule has 0 bridgehead atoms. The average Bonchev–Trinajstić information content (AvgIpc) is 2.98. The Morgan fingerprint density at radius 1 is 1.33 bits per heavy atom. The van der Waals surface area contributed by atoms with Crippen molar-refractivity contribution in [2.45, 2.75) is 26.3 Å². The van der Waals surface area contributed by atoms with Crippen molar-refractivity contribution < 1.29 is 9.72 Å². The number of allylic oxidation sites excluding steroid dienone is 1. The fraction of sp³-hybridized carbons (Fsp3) is 0.200. The predicted molar refractivity (Wildman–Crippen MR) is 107 cm³/mol. The summed E-state index contributed by atoms with van der Waals surface area (Å²) in [5, 5.41) is 10.9. The highest BCUT2D eigenvalue weighted by atomic mass is 32.1. The molecular weight excluding hydrogens is 362 g/mol. The predicted octanol–water partition coefficient (Wildman–Crippen LogP) is 4.66. The van der Waals surface area contributed by atoms with E-state index < -0.39 is 10.8 Å². The van der Waals surface area contributed by atoms with Crippen LogP contribution in [0.15, 0.2) is 60.1 Å². The molecule has 0 aliphatic rings. The zero-order valence-corrected chi connectivity index (χ0v) is 15.9. The van der Waals surface area contributed by atoms with Crippen molar-refractivity contribution in [2.24, 2.45) is 4.99 Å². The highest BCUT2D eigenvalue weighted by Gasteiger charge is 2.13. The molecule has 3 aromatic rings. The van der Waals surface area contributed by atoms with E-state index in [1.165, 1.54) is 41.2 Å². The Bertz CT molecular complexity index is 1110. The molecule has 27 heavy (non-hydrogen) atoms. The van der Waals surface area contributed by atoms with Crippen LogP contribution in [-0.2, 0) is 6.54 Å². The van der Waals surface area contributed by atoms with E-state index in [2.05, 4.69) is 37.6 Å². The maximum atomic E-state index is 12.6. The Morgan fingerprint density at radius 3 is 2.78 bits per heavy atom. The topological polar surface area (TPSA) is 77.5 Å². The van der Waals surface area contributed by atoms with Crippen LogP contribution in [-0.4, -0.2) is 15.4 Å². The van der Waals surface area contributed by atoms with Crippen LogP contribution < -0.4 is 4.80 Å². The van der Waals surface area contributed by atoms with E-state index in [0.717, 1.165) is 10.2 Å². The number of nitrogens with zero attached hydrogens (tertiary/aromatic N) is 3. The van der Waals surface area contributed by atoms with Crippen molar-refractivity contribution in [3.63, 3.8) is 0 Å². The molecule has 1 amide bonds. The number of carbonyl (C=O) groups excluding carboxylic acids is 1. The summed E-state index contributed by atoms with van der Waals surface area (Å²) in [7, 11) is 0. The Labute approximate surface area is 160 Å². The number of amides is 1. The SMILES string of the molecule is C=CCn1c(=NC(=O)c2cccc([N+](=O)[O-])c2)sc2cc(C(C)C)ccc21. The van der Waals surface area contributed by atoms with Crippen molar-refractivity contribution in [1.82, 2.24) is 4.57 Å². The number of thiazole rings is 1. The maximum absolute atomic E-state index is 12.6. The number of aromatic nitrogens is 1. The lowest BCUT2D eigenvalue weighted by atomic mass is 10.0. The van der Waals surface area contributed by atoms with Gasteiger partial charge in [0.15, 0.2) is 4.80 Å². The first-order valence-corrected chi connectivity index (χ1v) is 9.30. The first-order valence-electron chi connectivity index (χ1n) is 8.48. The first-order chi connectivity index (χ1) is 12.9. The van der Waals surface area contributed by atoms with E-state index in [4.69, 9.17) is 0 Å². The number of rotatable bonds is 5. The second-order valence-electron chi connectivity index (χ2n) is 6.39. The lowest BCUT2D eigenvalue weighted by molar-refractivity contribution is -0.384. The third-order valence-electron chi connectivity index (χ3n) is 4.19. The first kappa shape index (κ1) is 18.7. The fourth-order valence-corrected chi connectivity index (χ4v) is 3.83. The van der Waals surface area contributed by atoms with Crippen molar-refractivity contribution in [2.75, 3.05) is 0 Å². The van der Waals surface area contributed by atoms with Gasteiger partial charge in [0.1, 0.15) is 0 Å². The van der Waals surface area contributed by atoms with Crippen LogP contribution in [0.5, 0.6) is 0 Å². The molecule has 0 N–H and O–H groups in total. The van der Waals surface area contributed by atoms with Crippen molar-refractivity contribution in [3.8, 4) is 0 Å². The van der Waals surface area contributed by atoms with Gasteiger partial charge in [0, 0.05) is 24.2 Å². The van der Waals surface area contributed by atoms with Gasteiger partial charge in [0.05, 0.1) is 15.1 Å². The molecule has 6 nitrogen and oxygen atoms in total. The smallest absolute Gasteiger partial charge is 0.279 e. The van der Waals surface area contributed by atoms with Crippen LogP contribution in [0.25, 0.3) is 10.2 Å². The number of carbonyl (C=O) groups is 1. The second kappa shape index (κ2) is 7.67. The van der Waals surface area contributed by atoms with Gasteiger partial charge in [-0.05, 0) is 29.7 Å². The van der Waals surface area contributed by atoms with Crippen molar-refractivity contribution >= 4 is 33.1 Å². The average molecular weight is 381 g/mol. The van der Waals surface area contributed by atoms with E-state index in [1.807, 2.05) is 10.6 Å². The molecule has 0 radical (unpaired) electrons. The van der Waals surface area contributed by atoms with Crippen molar-refractivity contribution in [1.29, 1.82) is 0 Å². The Morgan fingerprint density at radius 2 is 2.11 bits per heavy atom. The summed E-state index contributed by atoms with van der Waals surface area (Å²) in [5.41, 5.74) is 2.25. The number of fused-ring (bicyclic) bond motifs is 1. The molecule has 0 saturated heterocycles. The third-order valence-corrected chi connectivity index (χ3v) is 5.23. The normalized spacial score (nSPS) is 11.9. The van der Waals surface area contributed by atoms with Gasteiger partial charge >= 0.3 is 0 Å². The van der Waals surface area contributed by atoms with Gasteiger partial charge in [-0.3, -0.25) is 14.9 Å². The number of hydrogen-bond donors (Lipinski definition) is 0. The fourth-order valence-electron chi connectivity index (χ4n) is 2.74. The third kappa shape index (κ3) is 3.88. The van der Waals surface area contributed by atoms with Crippen LogP contribution in [0.3, 0.4) is 0 Å². The summed E-state index contributed by atoms with van der Waals surface area (Å²) in [6, 6.07) is 11.8. The number of nitro benzene ring substituents is 1. The molecule has 138 valence electrons. The summed E-state index contributed by atoms with van der Waals surface area (Å²) >= 11 is 1.42. The van der Waals surface area contributed by atoms with E-state index >= 15 is 0 Å². The van der Waals surface area contributed by atoms with E-state index in [1.54, 1.807) is 6.08 Å². The minimum Gasteiger partial charge on any atom is -0.312 e. The Kier molecular flexibility index (Phi) is 5.32. The summed E-state index contributed by atoms with van der Waals surface area (Å²) in [6.45, 7) is 8.55. The highest BCUT2D eigenvalue weighted by molar-refractivity contribution is 7.16. The van der Waals surface area contributed by atoms with Gasteiger partial charge < -0.3 is 4.57 Å². The van der Waals surface area contributed by atoms with Crippen LogP contribution in [0.1, 0.15) is 35.7 Å². The van der Waals surface area contributed by atoms with Crippen LogP contribution in [0, 0.1) is 10.1 Å². The summed E-state index contributed by atoms with van der Waals surface area (Å²) < 4.78 is 2.96. The molecule has 1 heterocycles. The lowest BCUT2D eigenvalue weighted by Gasteiger charge is -2.05. The number of benzene rings is 2. The molecule has 2 aromatic carbocycles. The molecule has 7 heteroatoms. The molecule has 0 spiro atoms. The molecule has 0 aliphatic heterocycles. The largest absolute Gasteiger partial charge is 0.312 e. The monoisotopic (exact) mass is 381 g/mol. The van der Waals surface area contributed by atoms with Crippen LogP contribution in [0.2, 0.25) is 0 Å². The summed E-state index contributed by atoms with van der Waals surface area (Å²) in [5.74, 6) is -0.108. The lowest BCUT2D eigenvalue weighted by Crippen LogP contribution is -2.16. The highest BCUT2D eigenvalue weighted by Crippen LogP contribution is 2.24. The number of hydrogen-bond acceptors (Lipinski definition) is 4. The van der Waals surface area contributed by atoms with Gasteiger partial charge in [-0.25, -0.2) is 0 Å². The molecule has 0 fully saturated rings. The van der Waals surface area contributed by atoms with Crippen LogP contribution in [0.4, 0.5) is 5.69 Å². The maximum Gasteiger partial charge on any atom is 0.279 e. The number of nitro groups is 1. The molecule has 0 aliphatic carbocycles. The molecule has 1 aromatic heterocycles. The molecule has 0 atom stereocenters. The second-order valence-corrected chi connectivity index (χ2v) is 7.40. The minimum absolute atomic E-state index is 0.132. The van der Waals surface area contributed by atoms with Gasteiger partial charge in [-0.15, -0.1) is 6.58 Å². The van der Waals surface area contributed by atoms with Gasteiger partial charge in [0.2, 0.25) is 0 Å². The van der Waals surface area contributed by atoms with E-state index in [0.29, 0.717) is 17.3 Å². The quantitative estimate of drug-likeness (QED) is 0.366. The number of non-ortho nitro benzene ring substituents is 1. The van der Waals surface area contributed by atoms with Crippen LogP contribution >= 0.6 is 11.3 Å². The minimum atomic E-state index is -0.526. The van der Waals surface area contributed by atoms with Gasteiger partial charge in [-0.1, -0.05) is 43.4 Å². The van der Waals surface area contributed by atoms with E-state index in [9.17, 15) is 14.9 Å². The standard InChI is InChI=1S/C20H19N3O3S/c1-4-10-22-17-9-8-14(13(2)3)12-18(17)27-20(22)21-19(24)15-6-5-7-16(11-15)23(25)26/h4-9,11-13H,1,10H2,2-3H3. The van der Waals surface area contributed by atoms with Gasteiger partial charge in [0.25, 0.3) is 11.6 Å². The zero-order valence-electron chi connectivity index (χ0n) is 15.1. The Balaban J connectivity index is 2.12. The zero-order chi connectivity index (χ0) is 19.6. The molecule has 0 unspecified atom stereocenters. The molecular formula is C20H19N3O3S. The van der Waals surface area contributed by atoms with Gasteiger partial charge in [-0.2, -0.15) is 4.99 Å². The Hall–Kier alpha value is -3.06. The molecule has 0 saturated carbocycles. The van der Waals surface area contributed by atoms with E-state index in [-0.39, 0.29) is 11.3 Å².